The van der Waals surface area contributed by atoms with E-state index in [2.05, 4.69) is 15.9 Å². The molecule has 18 heavy (non-hydrogen) atoms. The van der Waals surface area contributed by atoms with Gasteiger partial charge in [-0.3, -0.25) is 24.6 Å². The molecule has 1 heterocycles. The van der Waals surface area contributed by atoms with Crippen LogP contribution in [0.25, 0.3) is 0 Å². The summed E-state index contributed by atoms with van der Waals surface area (Å²) in [6, 6.07) is 4.38. The van der Waals surface area contributed by atoms with E-state index in [-0.39, 0.29) is 23.6 Å². The molecule has 1 unspecified atom stereocenters. The second kappa shape index (κ2) is 4.49. The Hall–Kier alpha value is -1.76. The number of likely N-dealkylation sites (tertiary alicyclic amines) is 1. The fraction of sp³-hybridized carbons (Fsp3) is 0.273. The van der Waals surface area contributed by atoms with Crippen molar-refractivity contribution < 1.29 is 14.5 Å². The van der Waals surface area contributed by atoms with Gasteiger partial charge in [0.15, 0.2) is 0 Å². The van der Waals surface area contributed by atoms with Gasteiger partial charge < -0.3 is 0 Å². The summed E-state index contributed by atoms with van der Waals surface area (Å²) in [5.74, 6) is -1.49. The zero-order valence-corrected chi connectivity index (χ0v) is 11.0. The number of rotatable bonds is 2. The molecule has 0 spiro atoms. The third kappa shape index (κ3) is 2.01. The molecule has 1 fully saturated rings. The first kappa shape index (κ1) is 12.7. The summed E-state index contributed by atoms with van der Waals surface area (Å²) < 4.78 is 0.637. The highest BCUT2D eigenvalue weighted by molar-refractivity contribution is 9.10. The highest BCUT2D eigenvalue weighted by Crippen LogP contribution is 2.36. The maximum Gasteiger partial charge on any atom is 0.273 e. The summed E-state index contributed by atoms with van der Waals surface area (Å²) in [5.41, 5.74) is 0.136. The number of benzene rings is 1. The monoisotopic (exact) mass is 312 g/mol. The van der Waals surface area contributed by atoms with Gasteiger partial charge in [-0.1, -0.05) is 15.9 Å². The molecule has 1 atom stereocenters. The zero-order chi connectivity index (χ0) is 13.4. The molecule has 1 aliphatic rings. The summed E-state index contributed by atoms with van der Waals surface area (Å²) in [6.45, 7) is 0. The number of nitrogens with zero attached hydrogens (tertiary/aromatic N) is 2. The summed E-state index contributed by atoms with van der Waals surface area (Å²) in [4.78, 5) is 34.7. The molecule has 1 saturated heterocycles. The van der Waals surface area contributed by atoms with Crippen molar-refractivity contribution in [3.63, 3.8) is 0 Å². The van der Waals surface area contributed by atoms with Crippen LogP contribution in [0.15, 0.2) is 22.7 Å². The number of imide groups is 1. The molecule has 1 aromatic rings. The van der Waals surface area contributed by atoms with E-state index in [1.54, 1.807) is 0 Å². The fourth-order valence-electron chi connectivity index (χ4n) is 1.97. The molecule has 94 valence electrons. The molecule has 0 aliphatic carbocycles. The summed E-state index contributed by atoms with van der Waals surface area (Å²) in [7, 11) is 1.38. The van der Waals surface area contributed by atoms with Gasteiger partial charge >= 0.3 is 0 Å². The predicted molar refractivity (Wildman–Crippen MR) is 65.9 cm³/mol. The highest BCUT2D eigenvalue weighted by atomic mass is 79.9. The minimum absolute atomic E-state index is 0.0212. The average Bonchev–Trinajstić information content (AvgIpc) is 2.56. The van der Waals surface area contributed by atoms with Gasteiger partial charge in [-0.15, -0.1) is 0 Å². The van der Waals surface area contributed by atoms with Gasteiger partial charge in [-0.05, 0) is 12.1 Å². The third-order valence-corrected chi connectivity index (χ3v) is 3.44. The van der Waals surface area contributed by atoms with Crippen molar-refractivity contribution in [1.29, 1.82) is 0 Å². The summed E-state index contributed by atoms with van der Waals surface area (Å²) in [6.07, 6.45) is -0.0212. The Morgan fingerprint density at radius 3 is 2.61 bits per heavy atom. The lowest BCUT2D eigenvalue weighted by atomic mass is 9.96. The van der Waals surface area contributed by atoms with Gasteiger partial charge in [0, 0.05) is 29.6 Å². The molecular weight excluding hydrogens is 304 g/mol. The first-order chi connectivity index (χ1) is 8.41. The second-order valence-corrected chi connectivity index (χ2v) is 4.92. The van der Waals surface area contributed by atoms with E-state index >= 15 is 0 Å². The van der Waals surface area contributed by atoms with Crippen LogP contribution in [0.5, 0.6) is 0 Å². The van der Waals surface area contributed by atoms with Crippen molar-refractivity contribution in [2.45, 2.75) is 12.3 Å². The van der Waals surface area contributed by atoms with Crippen molar-refractivity contribution in [2.24, 2.45) is 0 Å². The van der Waals surface area contributed by atoms with Crippen LogP contribution in [0.4, 0.5) is 5.69 Å². The smallest absolute Gasteiger partial charge is 0.273 e. The number of likely N-dealkylation sites (N-methyl/N-ethyl adjacent to an activating group) is 1. The number of carbonyl (C=O) groups is 2. The van der Waals surface area contributed by atoms with Crippen LogP contribution >= 0.6 is 15.9 Å². The van der Waals surface area contributed by atoms with E-state index in [1.807, 2.05) is 0 Å². The molecule has 0 radical (unpaired) electrons. The molecule has 6 nitrogen and oxygen atoms in total. The molecule has 0 bridgehead atoms. The topological polar surface area (TPSA) is 80.5 Å². The SMILES string of the molecule is CN1C(=O)CC(c2cc(Br)ccc2[N+](=O)[O-])C1=O. The van der Waals surface area contributed by atoms with E-state index in [4.69, 9.17) is 0 Å². The van der Waals surface area contributed by atoms with Crippen LogP contribution in [-0.2, 0) is 9.59 Å². The molecule has 0 N–H and O–H groups in total. The number of amides is 2. The molecule has 1 aliphatic heterocycles. The van der Waals surface area contributed by atoms with Crippen molar-refractivity contribution in [3.05, 3.63) is 38.3 Å². The molecule has 0 aromatic heterocycles. The average molecular weight is 313 g/mol. The lowest BCUT2D eigenvalue weighted by Gasteiger charge is -2.09. The Bertz CT molecular complexity index is 558. The first-order valence-corrected chi connectivity index (χ1v) is 5.95. The number of hydrogen-bond acceptors (Lipinski definition) is 4. The number of nitro benzene ring substituents is 1. The standard InChI is InChI=1S/C11H9BrN2O4/c1-13-10(15)5-8(11(13)16)7-4-6(12)2-3-9(7)14(17)18/h2-4,8H,5H2,1H3. The van der Waals surface area contributed by atoms with Crippen LogP contribution in [0, 0.1) is 10.1 Å². The fourth-order valence-corrected chi connectivity index (χ4v) is 2.35. The Morgan fingerprint density at radius 1 is 1.44 bits per heavy atom. The van der Waals surface area contributed by atoms with Crippen LogP contribution in [0.1, 0.15) is 17.9 Å². The number of hydrogen-bond donors (Lipinski definition) is 0. The van der Waals surface area contributed by atoms with Crippen molar-refractivity contribution >= 4 is 33.4 Å². The Balaban J connectivity index is 2.51. The lowest BCUT2D eigenvalue weighted by molar-refractivity contribution is -0.385. The number of carbonyl (C=O) groups excluding carboxylic acids is 2. The van der Waals surface area contributed by atoms with Gasteiger partial charge in [-0.2, -0.15) is 0 Å². The van der Waals surface area contributed by atoms with E-state index in [1.165, 1.54) is 25.2 Å². The van der Waals surface area contributed by atoms with Gasteiger partial charge in [0.05, 0.1) is 10.8 Å². The molecule has 0 saturated carbocycles. The Labute approximate surface area is 111 Å². The number of nitro groups is 1. The van der Waals surface area contributed by atoms with Gasteiger partial charge in [-0.25, -0.2) is 0 Å². The van der Waals surface area contributed by atoms with Crippen LogP contribution in [0.2, 0.25) is 0 Å². The number of halogens is 1. The van der Waals surface area contributed by atoms with E-state index in [0.29, 0.717) is 4.47 Å². The maximum atomic E-state index is 11.9. The highest BCUT2D eigenvalue weighted by Gasteiger charge is 2.40. The van der Waals surface area contributed by atoms with Crippen LogP contribution in [-0.4, -0.2) is 28.7 Å². The Kier molecular flexibility index (Phi) is 3.16. The molecule has 2 rings (SSSR count). The summed E-state index contributed by atoms with van der Waals surface area (Å²) in [5, 5.41) is 10.9. The van der Waals surface area contributed by atoms with E-state index in [9.17, 15) is 19.7 Å². The summed E-state index contributed by atoms with van der Waals surface area (Å²) >= 11 is 3.21. The maximum absolute atomic E-state index is 11.9. The predicted octanol–water partition coefficient (Wildman–Crippen LogP) is 1.83. The van der Waals surface area contributed by atoms with E-state index in [0.717, 1.165) is 4.90 Å². The van der Waals surface area contributed by atoms with Crippen molar-refractivity contribution in [3.8, 4) is 0 Å². The molecule has 1 aromatic carbocycles. The minimum atomic E-state index is -0.764. The Morgan fingerprint density at radius 2 is 2.11 bits per heavy atom. The van der Waals surface area contributed by atoms with Gasteiger partial charge in [0.2, 0.25) is 11.8 Å². The van der Waals surface area contributed by atoms with Crippen molar-refractivity contribution in [1.82, 2.24) is 4.90 Å². The van der Waals surface area contributed by atoms with Gasteiger partial charge in [0.25, 0.3) is 5.69 Å². The molecule has 7 heteroatoms. The second-order valence-electron chi connectivity index (χ2n) is 4.01. The van der Waals surface area contributed by atoms with Crippen molar-refractivity contribution in [2.75, 3.05) is 7.05 Å². The minimum Gasteiger partial charge on any atom is -0.285 e. The van der Waals surface area contributed by atoms with Crippen LogP contribution < -0.4 is 0 Å². The van der Waals surface area contributed by atoms with Gasteiger partial charge in [0.1, 0.15) is 0 Å². The lowest BCUT2D eigenvalue weighted by Crippen LogP contribution is -2.25. The zero-order valence-electron chi connectivity index (χ0n) is 9.42. The normalized spacial score (nSPS) is 19.4. The first-order valence-electron chi connectivity index (χ1n) is 5.16. The molecular formula is C11H9BrN2O4. The van der Waals surface area contributed by atoms with Crippen LogP contribution in [0.3, 0.4) is 0 Å². The molecule has 2 amide bonds. The quantitative estimate of drug-likeness (QED) is 0.474. The largest absolute Gasteiger partial charge is 0.285 e. The third-order valence-electron chi connectivity index (χ3n) is 2.94. The van der Waals surface area contributed by atoms with E-state index < -0.39 is 16.7 Å².